The number of aromatic nitrogens is 2. The molecule has 0 aliphatic carbocycles. The molecule has 2 rings (SSSR count). The smallest absolute Gasteiger partial charge is 0.173 e. The molecule has 0 bridgehead atoms. The van der Waals surface area contributed by atoms with Crippen LogP contribution in [0.5, 0.6) is 0 Å². The number of rotatable bonds is 5. The van der Waals surface area contributed by atoms with Crippen molar-refractivity contribution in [1.82, 2.24) is 9.55 Å². The Morgan fingerprint density at radius 3 is 3.00 bits per heavy atom. The second kappa shape index (κ2) is 6.18. The van der Waals surface area contributed by atoms with Crippen molar-refractivity contribution in [2.24, 2.45) is 10.9 Å². The zero-order valence-electron chi connectivity index (χ0n) is 11.3. The fraction of sp³-hybridized carbons (Fsp3) is 0.286. The van der Waals surface area contributed by atoms with Gasteiger partial charge in [-0.05, 0) is 12.5 Å². The van der Waals surface area contributed by atoms with Crippen LogP contribution in [0.2, 0.25) is 0 Å². The molecule has 6 heteroatoms. The molecule has 1 aromatic heterocycles. The van der Waals surface area contributed by atoms with Gasteiger partial charge in [-0.2, -0.15) is 0 Å². The van der Waals surface area contributed by atoms with Crippen molar-refractivity contribution in [1.29, 1.82) is 0 Å². The highest BCUT2D eigenvalue weighted by Crippen LogP contribution is 2.15. The van der Waals surface area contributed by atoms with Gasteiger partial charge in [0.05, 0.1) is 12.1 Å². The van der Waals surface area contributed by atoms with Crippen molar-refractivity contribution >= 4 is 5.84 Å². The molecule has 5 nitrogen and oxygen atoms in total. The Morgan fingerprint density at radius 1 is 1.50 bits per heavy atom. The minimum Gasteiger partial charge on any atom is -0.409 e. The van der Waals surface area contributed by atoms with Crippen molar-refractivity contribution in [2.45, 2.75) is 26.3 Å². The first-order chi connectivity index (χ1) is 9.67. The molecule has 1 aromatic carbocycles. The van der Waals surface area contributed by atoms with E-state index in [1.165, 1.54) is 6.07 Å². The van der Waals surface area contributed by atoms with Crippen molar-refractivity contribution < 1.29 is 9.60 Å². The molecule has 0 saturated heterocycles. The molecule has 20 heavy (non-hydrogen) atoms. The Balaban J connectivity index is 2.32. The Labute approximate surface area is 116 Å². The van der Waals surface area contributed by atoms with Crippen LogP contribution in [0.4, 0.5) is 4.39 Å². The van der Waals surface area contributed by atoms with E-state index in [1.54, 1.807) is 18.3 Å². The zero-order valence-corrected chi connectivity index (χ0v) is 11.3. The van der Waals surface area contributed by atoms with Crippen molar-refractivity contribution in [3.05, 3.63) is 53.4 Å². The van der Waals surface area contributed by atoms with E-state index in [-0.39, 0.29) is 11.4 Å². The number of imidazole rings is 1. The average molecular weight is 276 g/mol. The van der Waals surface area contributed by atoms with E-state index < -0.39 is 5.82 Å². The normalized spacial score (nSPS) is 11.8. The molecule has 1 heterocycles. The highest BCUT2D eigenvalue weighted by molar-refractivity contribution is 5.97. The lowest BCUT2D eigenvalue weighted by molar-refractivity contribution is 0.318. The number of benzene rings is 1. The third-order valence-electron chi connectivity index (χ3n) is 3.08. The fourth-order valence-electron chi connectivity index (χ4n) is 2.07. The summed E-state index contributed by atoms with van der Waals surface area (Å²) < 4.78 is 16.2. The van der Waals surface area contributed by atoms with Crippen LogP contribution in [0.15, 0.2) is 35.7 Å². The summed E-state index contributed by atoms with van der Waals surface area (Å²) in [6, 6.07) is 4.84. The number of halogens is 1. The summed E-state index contributed by atoms with van der Waals surface area (Å²) in [6.45, 7) is 2.44. The Morgan fingerprint density at radius 2 is 2.30 bits per heavy atom. The van der Waals surface area contributed by atoms with Crippen LogP contribution < -0.4 is 5.73 Å². The van der Waals surface area contributed by atoms with E-state index in [2.05, 4.69) is 17.1 Å². The van der Waals surface area contributed by atoms with Crippen LogP contribution in [0.3, 0.4) is 0 Å². The van der Waals surface area contributed by atoms with E-state index in [1.807, 2.05) is 10.8 Å². The van der Waals surface area contributed by atoms with Gasteiger partial charge in [-0.3, -0.25) is 0 Å². The number of hydrogen-bond acceptors (Lipinski definition) is 3. The van der Waals surface area contributed by atoms with Gasteiger partial charge >= 0.3 is 0 Å². The number of aryl methyl sites for hydroxylation is 1. The number of nitrogens with two attached hydrogens (primary N) is 1. The lowest BCUT2D eigenvalue weighted by Crippen LogP contribution is -2.17. The van der Waals surface area contributed by atoms with Gasteiger partial charge < -0.3 is 15.5 Å². The Bertz CT molecular complexity index is 621. The van der Waals surface area contributed by atoms with E-state index in [0.717, 1.165) is 18.7 Å². The maximum Gasteiger partial charge on any atom is 0.173 e. The molecule has 0 atom stereocenters. The van der Waals surface area contributed by atoms with Crippen LogP contribution in [-0.2, 0) is 13.0 Å². The van der Waals surface area contributed by atoms with Gasteiger partial charge in [0.2, 0.25) is 0 Å². The summed E-state index contributed by atoms with van der Waals surface area (Å²) in [6.07, 6.45) is 5.34. The quantitative estimate of drug-likeness (QED) is 0.380. The van der Waals surface area contributed by atoms with Crippen LogP contribution in [-0.4, -0.2) is 20.6 Å². The van der Waals surface area contributed by atoms with Crippen LogP contribution in [0.25, 0.3) is 0 Å². The lowest BCUT2D eigenvalue weighted by atomic mass is 10.1. The molecular weight excluding hydrogens is 259 g/mol. The molecule has 3 N–H and O–H groups in total. The van der Waals surface area contributed by atoms with Gasteiger partial charge in [-0.25, -0.2) is 9.37 Å². The largest absolute Gasteiger partial charge is 0.409 e. The third-order valence-corrected chi connectivity index (χ3v) is 3.08. The van der Waals surface area contributed by atoms with Gasteiger partial charge in [0.1, 0.15) is 11.6 Å². The monoisotopic (exact) mass is 276 g/mol. The number of hydrogen-bond donors (Lipinski definition) is 2. The second-order valence-corrected chi connectivity index (χ2v) is 4.49. The lowest BCUT2D eigenvalue weighted by Gasteiger charge is -2.10. The van der Waals surface area contributed by atoms with E-state index in [0.29, 0.717) is 12.1 Å². The van der Waals surface area contributed by atoms with E-state index in [9.17, 15) is 4.39 Å². The minimum atomic E-state index is -0.473. The van der Waals surface area contributed by atoms with Gasteiger partial charge in [-0.15, -0.1) is 0 Å². The predicted octanol–water partition coefficient (Wildman–Crippen LogP) is 2.12. The summed E-state index contributed by atoms with van der Waals surface area (Å²) in [5.41, 5.74) is 6.03. The van der Waals surface area contributed by atoms with Gasteiger partial charge in [0.25, 0.3) is 0 Å². The first kappa shape index (κ1) is 14.0. The Hall–Kier alpha value is -2.37. The summed E-state index contributed by atoms with van der Waals surface area (Å²) in [4.78, 5) is 4.26. The van der Waals surface area contributed by atoms with E-state index >= 15 is 0 Å². The molecule has 0 unspecified atom stereocenters. The molecule has 0 amide bonds. The number of nitrogens with zero attached hydrogens (tertiary/aromatic N) is 3. The zero-order chi connectivity index (χ0) is 14.5. The van der Waals surface area contributed by atoms with Crippen molar-refractivity contribution in [3.8, 4) is 0 Å². The molecular formula is C14H17FN4O. The fourth-order valence-corrected chi connectivity index (χ4v) is 2.07. The number of amidine groups is 1. The topological polar surface area (TPSA) is 76.4 Å². The SMILES string of the molecule is CCCc1nccn1Cc1cccc(/C(N)=N/O)c1F. The third kappa shape index (κ3) is 2.79. The summed E-state index contributed by atoms with van der Waals surface area (Å²) in [5.74, 6) is 0.212. The van der Waals surface area contributed by atoms with Gasteiger partial charge in [-0.1, -0.05) is 24.2 Å². The van der Waals surface area contributed by atoms with Crippen LogP contribution in [0.1, 0.15) is 30.3 Å². The number of oxime groups is 1. The summed E-state index contributed by atoms with van der Waals surface area (Å²) >= 11 is 0. The maximum atomic E-state index is 14.3. The van der Waals surface area contributed by atoms with Crippen molar-refractivity contribution in [2.75, 3.05) is 0 Å². The molecule has 0 fully saturated rings. The molecule has 0 aliphatic heterocycles. The molecule has 106 valence electrons. The van der Waals surface area contributed by atoms with E-state index in [4.69, 9.17) is 10.9 Å². The van der Waals surface area contributed by atoms with Crippen LogP contribution >= 0.6 is 0 Å². The maximum absolute atomic E-state index is 14.3. The second-order valence-electron chi connectivity index (χ2n) is 4.49. The first-order valence-electron chi connectivity index (χ1n) is 6.42. The summed E-state index contributed by atoms with van der Waals surface area (Å²) in [7, 11) is 0. The highest BCUT2D eigenvalue weighted by Gasteiger charge is 2.12. The van der Waals surface area contributed by atoms with Gasteiger partial charge in [0, 0.05) is 24.4 Å². The molecule has 0 aliphatic rings. The molecule has 0 radical (unpaired) electrons. The molecule has 0 saturated carbocycles. The van der Waals surface area contributed by atoms with Crippen LogP contribution in [0, 0.1) is 5.82 Å². The van der Waals surface area contributed by atoms with Crippen molar-refractivity contribution in [3.63, 3.8) is 0 Å². The highest BCUT2D eigenvalue weighted by atomic mass is 19.1. The van der Waals surface area contributed by atoms with Gasteiger partial charge in [0.15, 0.2) is 5.84 Å². The Kier molecular flexibility index (Phi) is 4.34. The average Bonchev–Trinajstić information content (AvgIpc) is 2.88. The predicted molar refractivity (Wildman–Crippen MR) is 74.2 cm³/mol. The standard InChI is InChI=1S/C14H17FN4O/c1-2-4-12-17-7-8-19(12)9-10-5-3-6-11(13(10)15)14(16)18-20/h3,5-8,20H,2,4,9H2,1H3,(H2,16,18). The molecule has 0 spiro atoms. The first-order valence-corrected chi connectivity index (χ1v) is 6.42. The summed E-state index contributed by atoms with van der Waals surface area (Å²) in [5, 5.41) is 11.5. The minimum absolute atomic E-state index is 0.0992. The molecule has 2 aromatic rings.